The molecule has 146 valence electrons. The summed E-state index contributed by atoms with van der Waals surface area (Å²) in [5, 5.41) is 0. The Hall–Kier alpha value is -0.160. The first-order valence-electron chi connectivity index (χ1n) is 9.58. The van der Waals surface area contributed by atoms with Crippen LogP contribution in [-0.4, -0.2) is 18.0 Å². The Morgan fingerprint density at radius 1 is 0.625 bits per heavy atom. The standard InChI is InChI=1S/C20H42O4/c1-11-14-16(18(4,5)6)21-23-20(10,13-3)24-22-17(15-12-2)19(7,8)9/h16-17H,11-15H2,1-10H3. The monoisotopic (exact) mass is 346 g/mol. The lowest BCUT2D eigenvalue weighted by Gasteiger charge is -2.36. The first kappa shape index (κ1) is 23.8. The molecule has 0 heterocycles. The van der Waals surface area contributed by atoms with Gasteiger partial charge >= 0.3 is 0 Å². The maximum Gasteiger partial charge on any atom is 0.231 e. The topological polar surface area (TPSA) is 36.9 Å². The van der Waals surface area contributed by atoms with Crippen LogP contribution < -0.4 is 0 Å². The molecule has 0 spiro atoms. The molecule has 0 aromatic carbocycles. The van der Waals surface area contributed by atoms with E-state index < -0.39 is 5.79 Å². The molecule has 2 unspecified atom stereocenters. The predicted molar refractivity (Wildman–Crippen MR) is 99.3 cm³/mol. The highest BCUT2D eigenvalue weighted by Crippen LogP contribution is 2.31. The van der Waals surface area contributed by atoms with E-state index in [9.17, 15) is 0 Å². The van der Waals surface area contributed by atoms with Crippen molar-refractivity contribution in [2.75, 3.05) is 0 Å². The van der Waals surface area contributed by atoms with Crippen LogP contribution in [0.25, 0.3) is 0 Å². The van der Waals surface area contributed by atoms with Gasteiger partial charge in [0.1, 0.15) is 0 Å². The average Bonchev–Trinajstić information content (AvgIpc) is 2.45. The Morgan fingerprint density at radius 2 is 0.958 bits per heavy atom. The molecule has 0 N–H and O–H groups in total. The average molecular weight is 347 g/mol. The van der Waals surface area contributed by atoms with E-state index in [2.05, 4.69) is 55.4 Å². The molecule has 4 heteroatoms. The Morgan fingerprint density at radius 3 is 1.17 bits per heavy atom. The molecule has 0 aliphatic rings. The molecule has 24 heavy (non-hydrogen) atoms. The summed E-state index contributed by atoms with van der Waals surface area (Å²) in [6.45, 7) is 21.1. The third-order valence-corrected chi connectivity index (χ3v) is 4.36. The van der Waals surface area contributed by atoms with Crippen molar-refractivity contribution >= 4 is 0 Å². The highest BCUT2D eigenvalue weighted by molar-refractivity contribution is 4.74. The van der Waals surface area contributed by atoms with Gasteiger partial charge in [-0.05, 0) is 30.6 Å². The van der Waals surface area contributed by atoms with Crippen LogP contribution in [0.2, 0.25) is 0 Å². The van der Waals surface area contributed by atoms with Gasteiger partial charge in [-0.25, -0.2) is 9.78 Å². The highest BCUT2D eigenvalue weighted by atomic mass is 17.3. The molecule has 0 aromatic rings. The van der Waals surface area contributed by atoms with E-state index >= 15 is 0 Å². The molecule has 0 saturated heterocycles. The summed E-state index contributed by atoms with van der Waals surface area (Å²) in [7, 11) is 0. The zero-order chi connectivity index (χ0) is 19.0. The van der Waals surface area contributed by atoms with Gasteiger partial charge in [0, 0.05) is 6.42 Å². The zero-order valence-corrected chi connectivity index (χ0v) is 17.8. The number of rotatable bonds is 11. The maximum absolute atomic E-state index is 5.78. The van der Waals surface area contributed by atoms with Crippen LogP contribution in [0, 0.1) is 10.8 Å². The zero-order valence-electron chi connectivity index (χ0n) is 17.8. The van der Waals surface area contributed by atoms with Crippen LogP contribution >= 0.6 is 0 Å². The number of hydrogen-bond donors (Lipinski definition) is 0. The van der Waals surface area contributed by atoms with Gasteiger partial charge in [0.2, 0.25) is 5.79 Å². The molecule has 0 saturated carbocycles. The van der Waals surface area contributed by atoms with Crippen molar-refractivity contribution in [2.45, 2.75) is 119 Å². The molecule has 4 nitrogen and oxygen atoms in total. The first-order valence-corrected chi connectivity index (χ1v) is 9.58. The molecule has 0 aliphatic heterocycles. The van der Waals surface area contributed by atoms with Gasteiger partial charge in [-0.1, -0.05) is 75.2 Å². The third kappa shape index (κ3) is 8.80. The maximum atomic E-state index is 5.78. The molecule has 0 bridgehead atoms. The molecule has 0 radical (unpaired) electrons. The van der Waals surface area contributed by atoms with E-state index in [-0.39, 0.29) is 23.0 Å². The fraction of sp³-hybridized carbons (Fsp3) is 1.00. The van der Waals surface area contributed by atoms with Gasteiger partial charge in [-0.15, -0.1) is 0 Å². The van der Waals surface area contributed by atoms with Crippen LogP contribution in [0.5, 0.6) is 0 Å². The van der Waals surface area contributed by atoms with Crippen molar-refractivity contribution in [1.29, 1.82) is 0 Å². The predicted octanol–water partition coefficient (Wildman–Crippen LogP) is 6.44. The van der Waals surface area contributed by atoms with E-state index in [1.165, 1.54) is 0 Å². The summed E-state index contributed by atoms with van der Waals surface area (Å²) < 4.78 is 0. The minimum absolute atomic E-state index is 0.0155. The van der Waals surface area contributed by atoms with E-state index in [1.54, 1.807) is 0 Å². The van der Waals surface area contributed by atoms with Crippen LogP contribution in [-0.2, 0) is 19.6 Å². The van der Waals surface area contributed by atoms with Crippen LogP contribution in [0.3, 0.4) is 0 Å². The van der Waals surface area contributed by atoms with Crippen molar-refractivity contribution in [2.24, 2.45) is 10.8 Å². The van der Waals surface area contributed by atoms with Crippen molar-refractivity contribution in [3.8, 4) is 0 Å². The minimum atomic E-state index is -0.908. The summed E-state index contributed by atoms with van der Waals surface area (Å²) in [4.78, 5) is 23.0. The normalized spacial score (nSPS) is 18.2. The van der Waals surface area contributed by atoms with Crippen molar-refractivity contribution in [3.63, 3.8) is 0 Å². The highest BCUT2D eigenvalue weighted by Gasteiger charge is 2.35. The minimum Gasteiger partial charge on any atom is -0.230 e. The van der Waals surface area contributed by atoms with Gasteiger partial charge < -0.3 is 0 Å². The van der Waals surface area contributed by atoms with Gasteiger partial charge in [0.25, 0.3) is 0 Å². The summed E-state index contributed by atoms with van der Waals surface area (Å²) in [6, 6.07) is 0. The molecule has 0 fully saturated rings. The molecular formula is C20H42O4. The third-order valence-electron chi connectivity index (χ3n) is 4.36. The van der Waals surface area contributed by atoms with Gasteiger partial charge in [0.15, 0.2) is 0 Å². The first-order chi connectivity index (χ1) is 10.9. The Bertz CT molecular complexity index is 300. The Balaban J connectivity index is 4.77. The van der Waals surface area contributed by atoms with Crippen LogP contribution in [0.4, 0.5) is 0 Å². The molecule has 0 amide bonds. The second-order valence-electron chi connectivity index (χ2n) is 9.13. The molecule has 0 aliphatic carbocycles. The second-order valence-corrected chi connectivity index (χ2v) is 9.13. The quantitative estimate of drug-likeness (QED) is 0.245. The second kappa shape index (κ2) is 10.1. The summed E-state index contributed by atoms with van der Waals surface area (Å²) in [5.74, 6) is -0.908. The lowest BCUT2D eigenvalue weighted by molar-refractivity contribution is -0.530. The van der Waals surface area contributed by atoms with Crippen molar-refractivity contribution in [3.05, 3.63) is 0 Å². The smallest absolute Gasteiger partial charge is 0.230 e. The lowest BCUT2D eigenvalue weighted by atomic mass is 9.87. The molecule has 2 atom stereocenters. The Kier molecular flexibility index (Phi) is 10.0. The van der Waals surface area contributed by atoms with Crippen LogP contribution in [0.1, 0.15) is 101 Å². The Labute approximate surface area is 150 Å². The van der Waals surface area contributed by atoms with Crippen molar-refractivity contribution < 1.29 is 19.6 Å². The van der Waals surface area contributed by atoms with Gasteiger partial charge in [-0.2, -0.15) is 9.78 Å². The molecule has 0 aromatic heterocycles. The lowest BCUT2D eigenvalue weighted by Crippen LogP contribution is -2.40. The summed E-state index contributed by atoms with van der Waals surface area (Å²) >= 11 is 0. The van der Waals surface area contributed by atoms with Gasteiger partial charge in [0.05, 0.1) is 12.2 Å². The molecular weight excluding hydrogens is 304 g/mol. The fourth-order valence-electron chi connectivity index (χ4n) is 2.23. The van der Waals surface area contributed by atoms with E-state index in [0.29, 0.717) is 6.42 Å². The molecule has 0 rings (SSSR count). The van der Waals surface area contributed by atoms with E-state index in [4.69, 9.17) is 19.6 Å². The SMILES string of the molecule is CCCC(OOC(C)(CC)OOC(CCC)C(C)(C)C)C(C)(C)C. The summed E-state index contributed by atoms with van der Waals surface area (Å²) in [5.41, 5.74) is 0.0311. The largest absolute Gasteiger partial charge is 0.231 e. The van der Waals surface area contributed by atoms with Gasteiger partial charge in [-0.3, -0.25) is 0 Å². The fourth-order valence-corrected chi connectivity index (χ4v) is 2.23. The van der Waals surface area contributed by atoms with E-state index in [1.807, 2.05) is 13.8 Å². The van der Waals surface area contributed by atoms with E-state index in [0.717, 1.165) is 25.7 Å². The van der Waals surface area contributed by atoms with Crippen molar-refractivity contribution in [1.82, 2.24) is 0 Å². The summed E-state index contributed by atoms with van der Waals surface area (Å²) in [6.07, 6.45) is 4.67. The van der Waals surface area contributed by atoms with Crippen LogP contribution in [0.15, 0.2) is 0 Å². The number of hydrogen-bond acceptors (Lipinski definition) is 4.